The second-order valence-corrected chi connectivity index (χ2v) is 5.25. The lowest BCUT2D eigenvalue weighted by Gasteiger charge is -2.03. The number of benzene rings is 2. The van der Waals surface area contributed by atoms with Crippen molar-refractivity contribution in [2.24, 2.45) is 0 Å². The van der Waals surface area contributed by atoms with Crippen molar-refractivity contribution in [3.8, 4) is 5.69 Å². The Balaban J connectivity index is 1.57. The van der Waals surface area contributed by atoms with Crippen LogP contribution in [0.15, 0.2) is 66.9 Å². The monoisotopic (exact) mass is 297 g/mol. The van der Waals surface area contributed by atoms with E-state index in [1.807, 2.05) is 71.5 Å². The Morgan fingerprint density at radius 3 is 2.43 bits per heavy atom. The minimum atomic E-state index is 0.739. The summed E-state index contributed by atoms with van der Waals surface area (Å²) in [6, 6.07) is 20.0. The minimum Gasteiger partial charge on any atom is -0.307 e. The lowest BCUT2D eigenvalue weighted by molar-refractivity contribution is 0.669. The van der Waals surface area contributed by atoms with Crippen LogP contribution in [0, 0.1) is 0 Å². The van der Waals surface area contributed by atoms with E-state index in [4.69, 9.17) is 11.6 Å². The fourth-order valence-corrected chi connectivity index (χ4v) is 2.24. The van der Waals surface area contributed by atoms with Crippen LogP contribution in [0.2, 0.25) is 5.02 Å². The van der Waals surface area contributed by atoms with Gasteiger partial charge in [-0.15, -0.1) is 0 Å². The molecule has 2 aromatic carbocycles. The van der Waals surface area contributed by atoms with Crippen LogP contribution in [0.1, 0.15) is 11.3 Å². The maximum Gasteiger partial charge on any atom is 0.0766 e. The summed E-state index contributed by atoms with van der Waals surface area (Å²) < 4.78 is 1.89. The first-order chi connectivity index (χ1) is 10.3. The molecule has 0 aliphatic heterocycles. The number of rotatable bonds is 5. The van der Waals surface area contributed by atoms with Crippen LogP contribution in [0.4, 0.5) is 0 Å². The average molecular weight is 298 g/mol. The van der Waals surface area contributed by atoms with Crippen molar-refractivity contribution < 1.29 is 0 Å². The van der Waals surface area contributed by atoms with E-state index in [2.05, 4.69) is 10.4 Å². The van der Waals surface area contributed by atoms with E-state index in [0.29, 0.717) is 0 Å². The van der Waals surface area contributed by atoms with Gasteiger partial charge in [0.2, 0.25) is 0 Å². The molecule has 0 bridgehead atoms. The molecule has 0 radical (unpaired) electrons. The van der Waals surface area contributed by atoms with Crippen molar-refractivity contribution in [3.63, 3.8) is 0 Å². The van der Waals surface area contributed by atoms with Crippen molar-refractivity contribution >= 4 is 11.6 Å². The summed E-state index contributed by atoms with van der Waals surface area (Å²) in [5, 5.41) is 8.71. The van der Waals surface area contributed by atoms with Gasteiger partial charge in [-0.1, -0.05) is 41.9 Å². The van der Waals surface area contributed by atoms with Crippen molar-refractivity contribution in [1.82, 2.24) is 15.1 Å². The molecule has 1 heterocycles. The zero-order valence-electron chi connectivity index (χ0n) is 11.5. The predicted octanol–water partition coefficient (Wildman–Crippen LogP) is 3.82. The first-order valence-electron chi connectivity index (χ1n) is 6.86. The van der Waals surface area contributed by atoms with Crippen LogP contribution in [0.5, 0.6) is 0 Å². The maximum absolute atomic E-state index is 5.87. The smallest absolute Gasteiger partial charge is 0.0766 e. The molecule has 0 saturated heterocycles. The minimum absolute atomic E-state index is 0.739. The molecular formula is C17H16ClN3. The van der Waals surface area contributed by atoms with Gasteiger partial charge < -0.3 is 5.32 Å². The molecule has 3 rings (SSSR count). The van der Waals surface area contributed by atoms with Gasteiger partial charge in [-0.25, -0.2) is 4.68 Å². The zero-order chi connectivity index (χ0) is 14.5. The maximum atomic E-state index is 5.87. The van der Waals surface area contributed by atoms with E-state index in [1.165, 1.54) is 5.56 Å². The quantitative estimate of drug-likeness (QED) is 0.776. The summed E-state index contributed by atoms with van der Waals surface area (Å²) in [7, 11) is 0. The van der Waals surface area contributed by atoms with Gasteiger partial charge in [0, 0.05) is 24.3 Å². The molecule has 0 spiro atoms. The SMILES string of the molecule is Clc1ccc(CNCc2ccn(-c3ccccc3)n2)cc1. The van der Waals surface area contributed by atoms with Crippen LogP contribution in [-0.4, -0.2) is 9.78 Å². The molecule has 0 fully saturated rings. The average Bonchev–Trinajstić information content (AvgIpc) is 2.99. The lowest BCUT2D eigenvalue weighted by Crippen LogP contribution is -2.13. The van der Waals surface area contributed by atoms with Crippen LogP contribution in [0.25, 0.3) is 5.69 Å². The molecular weight excluding hydrogens is 282 g/mol. The third-order valence-electron chi connectivity index (χ3n) is 3.21. The number of halogens is 1. The van der Waals surface area contributed by atoms with Crippen molar-refractivity contribution in [2.75, 3.05) is 0 Å². The molecule has 0 saturated carbocycles. The van der Waals surface area contributed by atoms with Gasteiger partial charge in [-0.05, 0) is 35.9 Å². The third kappa shape index (κ3) is 3.72. The normalized spacial score (nSPS) is 10.7. The second kappa shape index (κ2) is 6.57. The molecule has 4 heteroatoms. The van der Waals surface area contributed by atoms with Gasteiger partial charge in [0.05, 0.1) is 11.4 Å². The molecule has 3 aromatic rings. The Kier molecular flexibility index (Phi) is 4.34. The fraction of sp³-hybridized carbons (Fsp3) is 0.118. The molecule has 1 N–H and O–H groups in total. The molecule has 0 amide bonds. The predicted molar refractivity (Wildman–Crippen MR) is 85.6 cm³/mol. The zero-order valence-corrected chi connectivity index (χ0v) is 12.3. The molecule has 106 valence electrons. The summed E-state index contributed by atoms with van der Waals surface area (Å²) in [6.07, 6.45) is 1.98. The molecule has 3 nitrogen and oxygen atoms in total. The number of aromatic nitrogens is 2. The summed E-state index contributed by atoms with van der Waals surface area (Å²) >= 11 is 5.87. The Morgan fingerprint density at radius 2 is 1.67 bits per heavy atom. The molecule has 0 aliphatic rings. The van der Waals surface area contributed by atoms with Gasteiger partial charge >= 0.3 is 0 Å². The van der Waals surface area contributed by atoms with Crippen LogP contribution in [0.3, 0.4) is 0 Å². The highest BCUT2D eigenvalue weighted by molar-refractivity contribution is 6.30. The van der Waals surface area contributed by atoms with Gasteiger partial charge in [0.1, 0.15) is 0 Å². The first-order valence-corrected chi connectivity index (χ1v) is 7.24. The van der Waals surface area contributed by atoms with Crippen LogP contribution in [-0.2, 0) is 13.1 Å². The Bertz CT molecular complexity index is 690. The Morgan fingerprint density at radius 1 is 0.905 bits per heavy atom. The highest BCUT2D eigenvalue weighted by Crippen LogP contribution is 2.10. The van der Waals surface area contributed by atoms with Crippen LogP contribution >= 0.6 is 11.6 Å². The number of nitrogens with one attached hydrogen (secondary N) is 1. The summed E-state index contributed by atoms with van der Waals surface area (Å²) in [6.45, 7) is 1.54. The largest absolute Gasteiger partial charge is 0.307 e. The molecule has 0 unspecified atom stereocenters. The Hall–Kier alpha value is -2.10. The Labute approximate surface area is 129 Å². The number of nitrogens with zero attached hydrogens (tertiary/aromatic N) is 2. The number of para-hydroxylation sites is 1. The molecule has 0 aliphatic carbocycles. The van der Waals surface area contributed by atoms with Crippen molar-refractivity contribution in [1.29, 1.82) is 0 Å². The van der Waals surface area contributed by atoms with Crippen molar-refractivity contribution in [2.45, 2.75) is 13.1 Å². The number of hydrogen-bond donors (Lipinski definition) is 1. The van der Waals surface area contributed by atoms with Crippen molar-refractivity contribution in [3.05, 3.63) is 83.1 Å². The van der Waals surface area contributed by atoms with E-state index >= 15 is 0 Å². The number of hydrogen-bond acceptors (Lipinski definition) is 2. The van der Waals surface area contributed by atoms with E-state index < -0.39 is 0 Å². The molecule has 0 atom stereocenters. The lowest BCUT2D eigenvalue weighted by atomic mass is 10.2. The highest BCUT2D eigenvalue weighted by atomic mass is 35.5. The van der Waals surface area contributed by atoms with E-state index in [1.54, 1.807) is 0 Å². The van der Waals surface area contributed by atoms with E-state index in [9.17, 15) is 0 Å². The fourth-order valence-electron chi connectivity index (χ4n) is 2.12. The molecule has 21 heavy (non-hydrogen) atoms. The van der Waals surface area contributed by atoms with Crippen LogP contribution < -0.4 is 5.32 Å². The summed E-state index contributed by atoms with van der Waals surface area (Å²) in [5.41, 5.74) is 3.30. The standard InChI is InChI=1S/C17H16ClN3/c18-15-8-6-14(7-9-15)12-19-13-16-10-11-21(20-16)17-4-2-1-3-5-17/h1-11,19H,12-13H2. The first kappa shape index (κ1) is 13.9. The van der Waals surface area contributed by atoms with Gasteiger partial charge in [0.15, 0.2) is 0 Å². The second-order valence-electron chi connectivity index (χ2n) is 4.82. The van der Waals surface area contributed by atoms with E-state index in [-0.39, 0.29) is 0 Å². The summed E-state index contributed by atoms with van der Waals surface area (Å²) in [5.74, 6) is 0. The highest BCUT2D eigenvalue weighted by Gasteiger charge is 2.01. The van der Waals surface area contributed by atoms with Gasteiger partial charge in [-0.3, -0.25) is 0 Å². The molecule has 1 aromatic heterocycles. The third-order valence-corrected chi connectivity index (χ3v) is 3.47. The van der Waals surface area contributed by atoms with Gasteiger partial charge in [0.25, 0.3) is 0 Å². The topological polar surface area (TPSA) is 29.9 Å². The van der Waals surface area contributed by atoms with E-state index in [0.717, 1.165) is 29.5 Å². The summed E-state index contributed by atoms with van der Waals surface area (Å²) in [4.78, 5) is 0. The van der Waals surface area contributed by atoms with Gasteiger partial charge in [-0.2, -0.15) is 5.10 Å².